The third kappa shape index (κ3) is 1.56. The molecule has 2 aromatic rings. The topological polar surface area (TPSA) is 13.1 Å². The fraction of sp³-hybridized carbons (Fsp3) is 0.429. The lowest BCUT2D eigenvalue weighted by Crippen LogP contribution is -2.11. The lowest BCUT2D eigenvalue weighted by atomic mass is 9.85. The second-order valence-corrected chi connectivity index (χ2v) is 5.30. The van der Waals surface area contributed by atoms with Crippen LogP contribution >= 0.6 is 0 Å². The van der Waals surface area contributed by atoms with E-state index in [4.69, 9.17) is 4.42 Å². The molecule has 1 aromatic heterocycles. The van der Waals surface area contributed by atoms with Crippen LogP contribution in [0.2, 0.25) is 0 Å². The first-order chi connectivity index (χ1) is 6.91. The van der Waals surface area contributed by atoms with Gasteiger partial charge in [-0.25, -0.2) is 0 Å². The SMILES string of the molecule is Cc1ccc(C(C)(C)C)c2occ(C)c12. The van der Waals surface area contributed by atoms with Gasteiger partial charge < -0.3 is 4.42 Å². The standard InChI is InChI=1S/C14H18O/c1-9-6-7-11(14(3,4)5)13-12(9)10(2)8-15-13/h6-8H,1-5H3. The zero-order valence-electron chi connectivity index (χ0n) is 10.1. The van der Waals surface area contributed by atoms with E-state index in [2.05, 4.69) is 46.8 Å². The Kier molecular flexibility index (Phi) is 2.14. The van der Waals surface area contributed by atoms with E-state index in [1.807, 2.05) is 6.26 Å². The predicted octanol–water partition coefficient (Wildman–Crippen LogP) is 4.35. The first kappa shape index (κ1) is 10.3. The molecule has 0 saturated heterocycles. The predicted molar refractivity (Wildman–Crippen MR) is 64.4 cm³/mol. The first-order valence-corrected chi connectivity index (χ1v) is 5.39. The number of fused-ring (bicyclic) bond motifs is 1. The lowest BCUT2D eigenvalue weighted by molar-refractivity contribution is 0.558. The molecule has 0 aliphatic rings. The summed E-state index contributed by atoms with van der Waals surface area (Å²) >= 11 is 0. The number of aryl methyl sites for hydroxylation is 2. The van der Waals surface area contributed by atoms with E-state index in [1.54, 1.807) is 0 Å². The quantitative estimate of drug-likeness (QED) is 0.619. The molecule has 0 amide bonds. The van der Waals surface area contributed by atoms with E-state index in [9.17, 15) is 0 Å². The highest BCUT2D eigenvalue weighted by Crippen LogP contribution is 2.34. The van der Waals surface area contributed by atoms with Crippen molar-refractivity contribution in [1.82, 2.24) is 0 Å². The lowest BCUT2D eigenvalue weighted by Gasteiger charge is -2.19. The fourth-order valence-electron chi connectivity index (χ4n) is 2.09. The minimum absolute atomic E-state index is 0.135. The van der Waals surface area contributed by atoms with Crippen LogP contribution in [0.25, 0.3) is 11.0 Å². The summed E-state index contributed by atoms with van der Waals surface area (Å²) in [5.74, 6) is 0. The molecule has 0 aliphatic heterocycles. The van der Waals surface area contributed by atoms with Crippen molar-refractivity contribution in [3.63, 3.8) is 0 Å². The molecule has 1 heterocycles. The highest BCUT2D eigenvalue weighted by molar-refractivity contribution is 5.87. The first-order valence-electron chi connectivity index (χ1n) is 5.39. The highest BCUT2D eigenvalue weighted by Gasteiger charge is 2.20. The maximum Gasteiger partial charge on any atom is 0.138 e. The van der Waals surface area contributed by atoms with Crippen molar-refractivity contribution in [3.05, 3.63) is 35.1 Å². The molecule has 0 fully saturated rings. The van der Waals surface area contributed by atoms with Crippen LogP contribution in [0.15, 0.2) is 22.8 Å². The monoisotopic (exact) mass is 202 g/mol. The summed E-state index contributed by atoms with van der Waals surface area (Å²) in [5.41, 5.74) is 5.00. The summed E-state index contributed by atoms with van der Waals surface area (Å²) in [4.78, 5) is 0. The van der Waals surface area contributed by atoms with Crippen LogP contribution < -0.4 is 0 Å². The largest absolute Gasteiger partial charge is 0.464 e. The molecule has 0 spiro atoms. The third-order valence-corrected chi connectivity index (χ3v) is 2.92. The van der Waals surface area contributed by atoms with Crippen molar-refractivity contribution in [2.75, 3.05) is 0 Å². The molecular formula is C14H18O. The van der Waals surface area contributed by atoms with Crippen LogP contribution in [-0.4, -0.2) is 0 Å². The van der Waals surface area contributed by atoms with Gasteiger partial charge in [0.1, 0.15) is 5.58 Å². The van der Waals surface area contributed by atoms with E-state index in [0.29, 0.717) is 0 Å². The van der Waals surface area contributed by atoms with E-state index >= 15 is 0 Å². The molecule has 0 radical (unpaired) electrons. The van der Waals surface area contributed by atoms with Gasteiger partial charge in [-0.2, -0.15) is 0 Å². The van der Waals surface area contributed by atoms with Crippen LogP contribution in [0.5, 0.6) is 0 Å². The van der Waals surface area contributed by atoms with Gasteiger partial charge in [-0.15, -0.1) is 0 Å². The van der Waals surface area contributed by atoms with Crippen LogP contribution in [-0.2, 0) is 5.41 Å². The number of furan rings is 1. The number of benzene rings is 1. The van der Waals surface area contributed by atoms with Crippen LogP contribution in [0.1, 0.15) is 37.5 Å². The molecular weight excluding hydrogens is 184 g/mol. The van der Waals surface area contributed by atoms with E-state index < -0.39 is 0 Å². The average molecular weight is 202 g/mol. The van der Waals surface area contributed by atoms with Gasteiger partial charge in [-0.05, 0) is 30.4 Å². The Hall–Kier alpha value is -1.24. The molecule has 1 heteroatoms. The summed E-state index contributed by atoms with van der Waals surface area (Å²) in [6, 6.07) is 4.37. The number of rotatable bonds is 0. The van der Waals surface area contributed by atoms with Gasteiger partial charge in [0, 0.05) is 10.9 Å². The molecule has 2 rings (SSSR count). The van der Waals surface area contributed by atoms with Crippen LogP contribution in [0.3, 0.4) is 0 Å². The zero-order chi connectivity index (χ0) is 11.2. The maximum atomic E-state index is 5.69. The van der Waals surface area contributed by atoms with Gasteiger partial charge in [-0.1, -0.05) is 32.9 Å². The van der Waals surface area contributed by atoms with Gasteiger partial charge in [0.2, 0.25) is 0 Å². The normalized spacial score (nSPS) is 12.3. The van der Waals surface area contributed by atoms with Crippen molar-refractivity contribution in [2.24, 2.45) is 0 Å². The Morgan fingerprint density at radius 3 is 2.27 bits per heavy atom. The summed E-state index contributed by atoms with van der Waals surface area (Å²) in [6.45, 7) is 10.9. The summed E-state index contributed by atoms with van der Waals surface area (Å²) in [5, 5.41) is 1.28. The molecule has 1 nitrogen and oxygen atoms in total. The van der Waals surface area contributed by atoms with E-state index in [-0.39, 0.29) is 5.41 Å². The van der Waals surface area contributed by atoms with Crippen molar-refractivity contribution < 1.29 is 4.42 Å². The van der Waals surface area contributed by atoms with E-state index in [0.717, 1.165) is 5.58 Å². The summed E-state index contributed by atoms with van der Waals surface area (Å²) in [7, 11) is 0. The van der Waals surface area contributed by atoms with Crippen LogP contribution in [0.4, 0.5) is 0 Å². The highest BCUT2D eigenvalue weighted by atomic mass is 16.3. The molecule has 0 N–H and O–H groups in total. The summed E-state index contributed by atoms with van der Waals surface area (Å²) < 4.78 is 5.69. The second kappa shape index (κ2) is 3.13. The van der Waals surface area contributed by atoms with Gasteiger partial charge in [-0.3, -0.25) is 0 Å². The smallest absolute Gasteiger partial charge is 0.138 e. The molecule has 80 valence electrons. The number of hydrogen-bond donors (Lipinski definition) is 0. The molecule has 1 aromatic carbocycles. The molecule has 0 aliphatic carbocycles. The van der Waals surface area contributed by atoms with Gasteiger partial charge in [0.05, 0.1) is 6.26 Å². The van der Waals surface area contributed by atoms with Crippen molar-refractivity contribution >= 4 is 11.0 Å². The maximum absolute atomic E-state index is 5.69. The van der Waals surface area contributed by atoms with Crippen molar-refractivity contribution in [3.8, 4) is 0 Å². The minimum atomic E-state index is 0.135. The van der Waals surface area contributed by atoms with E-state index in [1.165, 1.54) is 22.1 Å². The van der Waals surface area contributed by atoms with Gasteiger partial charge in [0.15, 0.2) is 0 Å². The summed E-state index contributed by atoms with van der Waals surface area (Å²) in [6.07, 6.45) is 1.85. The molecule has 0 atom stereocenters. The van der Waals surface area contributed by atoms with Gasteiger partial charge >= 0.3 is 0 Å². The number of hydrogen-bond acceptors (Lipinski definition) is 1. The molecule has 0 saturated carbocycles. The van der Waals surface area contributed by atoms with Crippen LogP contribution in [0, 0.1) is 13.8 Å². The van der Waals surface area contributed by atoms with Crippen molar-refractivity contribution in [2.45, 2.75) is 40.0 Å². The molecule has 15 heavy (non-hydrogen) atoms. The molecule has 0 unspecified atom stereocenters. The Bertz CT molecular complexity index is 498. The average Bonchev–Trinajstić information content (AvgIpc) is 2.47. The molecule has 0 bridgehead atoms. The fourth-order valence-corrected chi connectivity index (χ4v) is 2.09. The second-order valence-electron chi connectivity index (χ2n) is 5.30. The Morgan fingerprint density at radius 2 is 1.67 bits per heavy atom. The van der Waals surface area contributed by atoms with Crippen molar-refractivity contribution in [1.29, 1.82) is 0 Å². The van der Waals surface area contributed by atoms with Gasteiger partial charge in [0.25, 0.3) is 0 Å². The Labute approximate surface area is 91.1 Å². The Morgan fingerprint density at radius 1 is 1.00 bits per heavy atom. The minimum Gasteiger partial charge on any atom is -0.464 e. The third-order valence-electron chi connectivity index (χ3n) is 2.92. The zero-order valence-corrected chi connectivity index (χ0v) is 10.1. The Balaban J connectivity index is 2.85.